The van der Waals surface area contributed by atoms with E-state index in [9.17, 15) is 9.59 Å². The summed E-state index contributed by atoms with van der Waals surface area (Å²) in [5.41, 5.74) is 7.60. The van der Waals surface area contributed by atoms with E-state index < -0.39 is 0 Å². The molecule has 0 heterocycles. The number of hydrogen-bond donors (Lipinski definition) is 2. The van der Waals surface area contributed by atoms with Gasteiger partial charge in [-0.2, -0.15) is 0 Å². The normalized spacial score (nSPS) is 9.94. The number of nitrogen functional groups attached to an aromatic ring is 1. The Balaban J connectivity index is 2.56. The van der Waals surface area contributed by atoms with Crippen LogP contribution < -0.4 is 11.1 Å². The van der Waals surface area contributed by atoms with Crippen molar-refractivity contribution in [2.45, 2.75) is 13.3 Å². The van der Waals surface area contributed by atoms with Gasteiger partial charge in [-0.15, -0.1) is 0 Å². The molecule has 1 rings (SSSR count). The predicted octanol–water partition coefficient (Wildman–Crippen LogP) is 0.785. The lowest BCUT2D eigenvalue weighted by atomic mass is 10.1. The van der Waals surface area contributed by atoms with Crippen molar-refractivity contribution in [1.29, 1.82) is 0 Å². The number of carbonyl (C=O) groups excluding carboxylic acids is 2. The average Bonchev–Trinajstić information content (AvgIpc) is 2.31. The fourth-order valence-corrected chi connectivity index (χ4v) is 1.49. The molecule has 0 saturated carbocycles. The summed E-state index contributed by atoms with van der Waals surface area (Å²) >= 11 is 0. The van der Waals surface area contributed by atoms with Gasteiger partial charge in [-0.3, -0.25) is 9.59 Å². The van der Waals surface area contributed by atoms with Crippen molar-refractivity contribution in [3.05, 3.63) is 29.3 Å². The van der Waals surface area contributed by atoms with Crippen molar-refractivity contribution >= 4 is 17.5 Å². The minimum absolute atomic E-state index is 0.0143. The standard InChI is InChI=1S/C13H19N3O2/c1-9-4-5-10(14)8-11(9)13(18)15-7-6-12(17)16(2)3/h4-5,8H,6-7,14H2,1-3H3,(H,15,18). The molecule has 0 fully saturated rings. The Morgan fingerprint density at radius 3 is 2.61 bits per heavy atom. The first-order chi connectivity index (χ1) is 8.41. The third-order valence-corrected chi connectivity index (χ3v) is 2.63. The minimum atomic E-state index is -0.202. The summed E-state index contributed by atoms with van der Waals surface area (Å²) in [6.07, 6.45) is 0.292. The monoisotopic (exact) mass is 249 g/mol. The van der Waals surface area contributed by atoms with E-state index in [2.05, 4.69) is 5.32 Å². The number of aryl methyl sites for hydroxylation is 1. The predicted molar refractivity (Wildman–Crippen MR) is 71.2 cm³/mol. The van der Waals surface area contributed by atoms with Crippen molar-refractivity contribution in [1.82, 2.24) is 10.2 Å². The summed E-state index contributed by atoms with van der Waals surface area (Å²) in [5, 5.41) is 2.71. The highest BCUT2D eigenvalue weighted by molar-refractivity contribution is 5.96. The maximum absolute atomic E-state index is 11.9. The van der Waals surface area contributed by atoms with Crippen LogP contribution >= 0.6 is 0 Å². The number of anilines is 1. The van der Waals surface area contributed by atoms with Gasteiger partial charge in [0.15, 0.2) is 0 Å². The lowest BCUT2D eigenvalue weighted by Crippen LogP contribution is -2.30. The highest BCUT2D eigenvalue weighted by Crippen LogP contribution is 2.12. The molecule has 0 bridgehead atoms. The Bertz CT molecular complexity index is 456. The second-order valence-electron chi connectivity index (χ2n) is 4.37. The third-order valence-electron chi connectivity index (χ3n) is 2.63. The van der Waals surface area contributed by atoms with Crippen LogP contribution in [0.2, 0.25) is 0 Å². The van der Waals surface area contributed by atoms with Gasteiger partial charge in [0.1, 0.15) is 0 Å². The van der Waals surface area contributed by atoms with Gasteiger partial charge >= 0.3 is 0 Å². The molecule has 0 radical (unpaired) electrons. The first-order valence-corrected chi connectivity index (χ1v) is 5.76. The van der Waals surface area contributed by atoms with E-state index in [-0.39, 0.29) is 11.8 Å². The SMILES string of the molecule is Cc1ccc(N)cc1C(=O)NCCC(=O)N(C)C. The molecule has 0 aliphatic rings. The summed E-state index contributed by atoms with van der Waals surface area (Å²) < 4.78 is 0. The molecule has 3 N–H and O–H groups in total. The zero-order valence-electron chi connectivity index (χ0n) is 11.0. The van der Waals surface area contributed by atoms with Crippen LogP contribution in [0.15, 0.2) is 18.2 Å². The van der Waals surface area contributed by atoms with Gasteiger partial charge < -0.3 is 16.0 Å². The van der Waals surface area contributed by atoms with Crippen LogP contribution in [0, 0.1) is 6.92 Å². The number of benzene rings is 1. The van der Waals surface area contributed by atoms with Crippen molar-refractivity contribution < 1.29 is 9.59 Å². The van der Waals surface area contributed by atoms with E-state index in [1.165, 1.54) is 4.90 Å². The second kappa shape index (κ2) is 6.05. The summed E-state index contributed by atoms with van der Waals surface area (Å²) in [6, 6.07) is 5.19. The summed E-state index contributed by atoms with van der Waals surface area (Å²) in [4.78, 5) is 24.7. The molecule has 1 aromatic rings. The topological polar surface area (TPSA) is 75.4 Å². The molecule has 0 aliphatic heterocycles. The number of nitrogens with zero attached hydrogens (tertiary/aromatic N) is 1. The largest absolute Gasteiger partial charge is 0.399 e. The average molecular weight is 249 g/mol. The highest BCUT2D eigenvalue weighted by atomic mass is 16.2. The van der Waals surface area contributed by atoms with Crippen LogP contribution in [0.1, 0.15) is 22.3 Å². The first-order valence-electron chi connectivity index (χ1n) is 5.76. The second-order valence-corrected chi connectivity index (χ2v) is 4.37. The molecule has 98 valence electrons. The minimum Gasteiger partial charge on any atom is -0.399 e. The number of nitrogens with one attached hydrogen (secondary N) is 1. The molecular formula is C13H19N3O2. The fraction of sp³-hybridized carbons (Fsp3) is 0.385. The molecule has 0 saturated heterocycles. The van der Waals surface area contributed by atoms with E-state index in [0.717, 1.165) is 5.56 Å². The lowest BCUT2D eigenvalue weighted by molar-refractivity contribution is -0.128. The Kier molecular flexibility index (Phi) is 4.71. The third kappa shape index (κ3) is 3.76. The van der Waals surface area contributed by atoms with Crippen LogP contribution in [0.25, 0.3) is 0 Å². The maximum Gasteiger partial charge on any atom is 0.251 e. The van der Waals surface area contributed by atoms with Crippen LogP contribution in [0.3, 0.4) is 0 Å². The van der Waals surface area contributed by atoms with Crippen LogP contribution in [-0.2, 0) is 4.79 Å². The zero-order valence-corrected chi connectivity index (χ0v) is 11.0. The van der Waals surface area contributed by atoms with Gasteiger partial charge in [-0.1, -0.05) is 6.07 Å². The van der Waals surface area contributed by atoms with Gasteiger partial charge in [0.25, 0.3) is 5.91 Å². The first kappa shape index (κ1) is 14.0. The molecule has 0 unspecified atom stereocenters. The van der Waals surface area contributed by atoms with Crippen LogP contribution in [0.5, 0.6) is 0 Å². The maximum atomic E-state index is 11.9. The van der Waals surface area contributed by atoms with Crippen molar-refractivity contribution in [2.75, 3.05) is 26.4 Å². The number of rotatable bonds is 4. The van der Waals surface area contributed by atoms with Gasteiger partial charge in [0.05, 0.1) is 0 Å². The Morgan fingerprint density at radius 1 is 1.33 bits per heavy atom. The summed E-state index contributed by atoms with van der Waals surface area (Å²) in [6.45, 7) is 2.17. The molecular weight excluding hydrogens is 230 g/mol. The summed E-state index contributed by atoms with van der Waals surface area (Å²) in [7, 11) is 3.37. The van der Waals surface area contributed by atoms with E-state index >= 15 is 0 Å². The number of amides is 2. The zero-order chi connectivity index (χ0) is 13.7. The smallest absolute Gasteiger partial charge is 0.251 e. The molecule has 0 aliphatic carbocycles. The molecule has 5 nitrogen and oxygen atoms in total. The Labute approximate surface area is 107 Å². The van der Waals surface area contributed by atoms with E-state index in [0.29, 0.717) is 24.2 Å². The molecule has 0 spiro atoms. The number of nitrogens with two attached hydrogens (primary N) is 1. The number of hydrogen-bond acceptors (Lipinski definition) is 3. The molecule has 1 aromatic carbocycles. The quantitative estimate of drug-likeness (QED) is 0.774. The van der Waals surface area contributed by atoms with E-state index in [1.54, 1.807) is 32.3 Å². The van der Waals surface area contributed by atoms with Gasteiger partial charge in [-0.25, -0.2) is 0 Å². The molecule has 0 atom stereocenters. The molecule has 18 heavy (non-hydrogen) atoms. The molecule has 5 heteroatoms. The Morgan fingerprint density at radius 2 is 2.00 bits per heavy atom. The van der Waals surface area contributed by atoms with Gasteiger partial charge in [-0.05, 0) is 24.6 Å². The van der Waals surface area contributed by atoms with Crippen LogP contribution in [0.4, 0.5) is 5.69 Å². The van der Waals surface area contributed by atoms with Crippen molar-refractivity contribution in [2.24, 2.45) is 0 Å². The van der Waals surface area contributed by atoms with E-state index in [4.69, 9.17) is 5.73 Å². The highest BCUT2D eigenvalue weighted by Gasteiger charge is 2.10. The molecule has 2 amide bonds. The fourth-order valence-electron chi connectivity index (χ4n) is 1.49. The Hall–Kier alpha value is -2.04. The van der Waals surface area contributed by atoms with Crippen LogP contribution in [-0.4, -0.2) is 37.4 Å². The summed E-state index contributed by atoms with van der Waals surface area (Å²) in [5.74, 6) is -0.217. The van der Waals surface area contributed by atoms with Gasteiger partial charge in [0, 0.05) is 38.3 Å². The lowest BCUT2D eigenvalue weighted by Gasteiger charge is -2.11. The van der Waals surface area contributed by atoms with Crippen molar-refractivity contribution in [3.63, 3.8) is 0 Å². The van der Waals surface area contributed by atoms with Crippen molar-refractivity contribution in [3.8, 4) is 0 Å². The van der Waals surface area contributed by atoms with Gasteiger partial charge in [0.2, 0.25) is 5.91 Å². The van der Waals surface area contributed by atoms with E-state index in [1.807, 2.05) is 6.92 Å². The molecule has 0 aromatic heterocycles. The number of carbonyl (C=O) groups is 2.